The number of carbonyl (C=O) groups is 3. The molecule has 3 aliphatic rings. The van der Waals surface area contributed by atoms with Crippen LogP contribution < -0.4 is 16.0 Å². The van der Waals surface area contributed by atoms with Crippen LogP contribution in [0.25, 0.3) is 10.9 Å². The van der Waals surface area contributed by atoms with E-state index in [1.165, 1.54) is 25.7 Å². The minimum atomic E-state index is -0.782. The standard InChI is InChI=1S/C42H57N5O4/c1-42(2,3)46-41(51)38-25-30-16-7-8-17-31(30)26-47(38)27-33(48)24-32(23-28-13-5-4-6-14-28)39(49)44-35-19-11-12-20-36(35)45-40(50)37-22-21-29-15-9-10-18-34(29)43-37/h4-6,9-10,13-15,18,21-22,30-33,35-36,38,48H,7-8,11-12,16-17,19-20,23-27H2,1-3H3,(H,44,49)(H,45,50)(H,46,51)/t30-,31+,32-,33?,35-,36-,38-/m0/s1. The predicted molar refractivity (Wildman–Crippen MR) is 201 cm³/mol. The van der Waals surface area contributed by atoms with Crippen LogP contribution in [0.2, 0.25) is 0 Å². The Balaban J connectivity index is 1.14. The average Bonchev–Trinajstić information content (AvgIpc) is 3.11. The summed E-state index contributed by atoms with van der Waals surface area (Å²) in [5.74, 6) is 0.283. The van der Waals surface area contributed by atoms with E-state index >= 15 is 0 Å². The first-order valence-corrected chi connectivity index (χ1v) is 19.3. The summed E-state index contributed by atoms with van der Waals surface area (Å²) < 4.78 is 0. The van der Waals surface area contributed by atoms with Gasteiger partial charge < -0.3 is 21.1 Å². The molecule has 2 aliphatic carbocycles. The van der Waals surface area contributed by atoms with Crippen molar-refractivity contribution in [2.24, 2.45) is 17.8 Å². The number of aromatic nitrogens is 1. The van der Waals surface area contributed by atoms with Gasteiger partial charge in [-0.1, -0.05) is 86.7 Å². The zero-order chi connectivity index (χ0) is 36.0. The molecule has 4 N–H and O–H groups in total. The largest absolute Gasteiger partial charge is 0.392 e. The molecule has 1 aromatic heterocycles. The highest BCUT2D eigenvalue weighted by atomic mass is 16.3. The van der Waals surface area contributed by atoms with Crippen molar-refractivity contribution in [2.45, 2.75) is 121 Å². The van der Waals surface area contributed by atoms with Crippen LogP contribution in [0.5, 0.6) is 0 Å². The highest BCUT2D eigenvalue weighted by molar-refractivity contribution is 5.95. The van der Waals surface area contributed by atoms with E-state index in [4.69, 9.17) is 0 Å². The summed E-state index contributed by atoms with van der Waals surface area (Å²) in [5.41, 5.74) is 1.82. The van der Waals surface area contributed by atoms with E-state index in [1.807, 2.05) is 81.4 Å². The lowest BCUT2D eigenvalue weighted by Crippen LogP contribution is -2.59. The number of carbonyl (C=O) groups excluding carboxylic acids is 3. The lowest BCUT2D eigenvalue weighted by molar-refractivity contribution is -0.133. The van der Waals surface area contributed by atoms with Crippen molar-refractivity contribution in [1.82, 2.24) is 25.8 Å². The number of nitrogens with zero attached hydrogens (tertiary/aromatic N) is 2. The van der Waals surface area contributed by atoms with Crippen LogP contribution in [-0.2, 0) is 16.0 Å². The number of benzene rings is 2. The number of likely N-dealkylation sites (tertiary alicyclic amines) is 1. The van der Waals surface area contributed by atoms with Crippen LogP contribution in [0.4, 0.5) is 0 Å². The molecule has 9 nitrogen and oxygen atoms in total. The molecular weight excluding hydrogens is 638 g/mol. The molecule has 0 spiro atoms. The maximum atomic E-state index is 14.2. The monoisotopic (exact) mass is 695 g/mol. The van der Waals surface area contributed by atoms with E-state index in [0.717, 1.165) is 55.1 Å². The second-order valence-electron chi connectivity index (χ2n) is 16.4. The van der Waals surface area contributed by atoms with Gasteiger partial charge in [0.15, 0.2) is 0 Å². The zero-order valence-electron chi connectivity index (χ0n) is 30.7. The van der Waals surface area contributed by atoms with Crippen molar-refractivity contribution in [3.63, 3.8) is 0 Å². The minimum absolute atomic E-state index is 0.0292. The van der Waals surface area contributed by atoms with Crippen molar-refractivity contribution in [2.75, 3.05) is 13.1 Å². The van der Waals surface area contributed by atoms with Gasteiger partial charge in [-0.15, -0.1) is 0 Å². The first-order valence-electron chi connectivity index (χ1n) is 19.3. The van der Waals surface area contributed by atoms with Crippen molar-refractivity contribution in [3.05, 3.63) is 78.0 Å². The maximum absolute atomic E-state index is 14.2. The molecule has 1 saturated heterocycles. The Bertz CT molecular complexity index is 1640. The zero-order valence-corrected chi connectivity index (χ0v) is 30.7. The van der Waals surface area contributed by atoms with E-state index in [-0.39, 0.29) is 47.8 Å². The van der Waals surface area contributed by atoms with Gasteiger partial charge in [0.2, 0.25) is 11.8 Å². The van der Waals surface area contributed by atoms with Crippen molar-refractivity contribution in [1.29, 1.82) is 0 Å². The fourth-order valence-electron chi connectivity index (χ4n) is 8.69. The highest BCUT2D eigenvalue weighted by Crippen LogP contribution is 2.39. The number of pyridine rings is 1. The number of nitrogens with one attached hydrogen (secondary N) is 3. The van der Waals surface area contributed by atoms with Gasteiger partial charge in [0.25, 0.3) is 5.91 Å². The fourth-order valence-corrected chi connectivity index (χ4v) is 8.69. The highest BCUT2D eigenvalue weighted by Gasteiger charge is 2.41. The molecule has 3 amide bonds. The summed E-state index contributed by atoms with van der Waals surface area (Å²) in [6.45, 7) is 7.17. The van der Waals surface area contributed by atoms with Gasteiger partial charge in [0.1, 0.15) is 5.69 Å². The second-order valence-corrected chi connectivity index (χ2v) is 16.4. The van der Waals surface area contributed by atoms with Crippen LogP contribution in [-0.4, -0.2) is 75.6 Å². The van der Waals surface area contributed by atoms with E-state index in [1.54, 1.807) is 6.07 Å². The number of amides is 3. The molecule has 3 fully saturated rings. The maximum Gasteiger partial charge on any atom is 0.270 e. The molecule has 1 unspecified atom stereocenters. The number of hydrogen-bond acceptors (Lipinski definition) is 6. The molecule has 9 heteroatoms. The van der Waals surface area contributed by atoms with E-state index in [0.29, 0.717) is 30.5 Å². The molecule has 7 atom stereocenters. The number of rotatable bonds is 11. The lowest BCUT2D eigenvalue weighted by Gasteiger charge is -2.46. The Kier molecular flexibility index (Phi) is 12.1. The van der Waals surface area contributed by atoms with Gasteiger partial charge in [0, 0.05) is 42.0 Å². The smallest absolute Gasteiger partial charge is 0.270 e. The van der Waals surface area contributed by atoms with Gasteiger partial charge in [-0.3, -0.25) is 19.3 Å². The fraction of sp³-hybridized carbons (Fsp3) is 0.571. The number of aliphatic hydroxyl groups is 1. The SMILES string of the molecule is CC(C)(C)NC(=O)[C@@H]1C[C@@H]2CCCC[C@@H]2CN1CC(O)C[C@H](Cc1ccccc1)C(=O)N[C@H]1CCCC[C@@H]1NC(=O)c1ccc2ccccc2n1. The Hall–Kier alpha value is -3.82. The number of piperidine rings is 1. The summed E-state index contributed by atoms with van der Waals surface area (Å²) in [7, 11) is 0. The van der Waals surface area contributed by atoms with Crippen LogP contribution >= 0.6 is 0 Å². The van der Waals surface area contributed by atoms with Gasteiger partial charge in [-0.25, -0.2) is 4.98 Å². The van der Waals surface area contributed by atoms with E-state index in [2.05, 4.69) is 25.8 Å². The van der Waals surface area contributed by atoms with Gasteiger partial charge in [0.05, 0.1) is 17.7 Å². The second kappa shape index (κ2) is 16.7. The molecule has 2 aromatic carbocycles. The Morgan fingerprint density at radius 1 is 0.843 bits per heavy atom. The third-order valence-electron chi connectivity index (χ3n) is 11.2. The summed E-state index contributed by atoms with van der Waals surface area (Å²) in [5, 5.41) is 22.4. The van der Waals surface area contributed by atoms with Crippen molar-refractivity contribution < 1.29 is 19.5 Å². The predicted octanol–water partition coefficient (Wildman–Crippen LogP) is 5.80. The molecule has 0 bridgehead atoms. The van der Waals surface area contributed by atoms with Gasteiger partial charge in [-0.05, 0) is 88.8 Å². The topological polar surface area (TPSA) is 124 Å². The third kappa shape index (κ3) is 9.95. The Morgan fingerprint density at radius 2 is 1.51 bits per heavy atom. The summed E-state index contributed by atoms with van der Waals surface area (Å²) >= 11 is 0. The normalized spacial score (nSPS) is 25.3. The number of aliphatic hydroxyl groups excluding tert-OH is 1. The van der Waals surface area contributed by atoms with Crippen LogP contribution in [0.15, 0.2) is 66.7 Å². The Morgan fingerprint density at radius 3 is 2.25 bits per heavy atom. The molecule has 2 heterocycles. The van der Waals surface area contributed by atoms with Crippen LogP contribution in [0.3, 0.4) is 0 Å². The molecule has 0 radical (unpaired) electrons. The van der Waals surface area contributed by atoms with Crippen molar-refractivity contribution >= 4 is 28.6 Å². The van der Waals surface area contributed by atoms with Crippen molar-refractivity contribution in [3.8, 4) is 0 Å². The number of para-hydroxylation sites is 1. The number of β-amino-alcohol motifs (C(OH)–C–C–N with tert-alkyl or cyclic N) is 1. The van der Waals surface area contributed by atoms with Gasteiger partial charge in [-0.2, -0.15) is 0 Å². The third-order valence-corrected chi connectivity index (χ3v) is 11.2. The van der Waals surface area contributed by atoms with Crippen LogP contribution in [0.1, 0.15) is 101 Å². The lowest BCUT2D eigenvalue weighted by atomic mass is 9.72. The molecule has 1 aliphatic heterocycles. The molecule has 6 rings (SSSR count). The molecule has 3 aromatic rings. The number of hydrogen-bond donors (Lipinski definition) is 4. The molecule has 51 heavy (non-hydrogen) atoms. The summed E-state index contributed by atoms with van der Waals surface area (Å²) in [6.07, 6.45) is 9.05. The summed E-state index contributed by atoms with van der Waals surface area (Å²) in [6, 6.07) is 20.6. The average molecular weight is 696 g/mol. The summed E-state index contributed by atoms with van der Waals surface area (Å²) in [4.78, 5) is 47.9. The quantitative estimate of drug-likeness (QED) is 0.201. The minimum Gasteiger partial charge on any atom is -0.392 e. The first-order chi connectivity index (χ1) is 24.5. The molecule has 2 saturated carbocycles. The van der Waals surface area contributed by atoms with Gasteiger partial charge >= 0.3 is 0 Å². The molecule has 274 valence electrons. The molecular formula is C42H57N5O4. The van der Waals surface area contributed by atoms with Crippen LogP contribution in [0, 0.1) is 17.8 Å². The number of fused-ring (bicyclic) bond motifs is 2. The van der Waals surface area contributed by atoms with E-state index < -0.39 is 12.0 Å². The Labute approximate surface area is 303 Å². The first kappa shape index (κ1) is 37.0. The van der Waals surface area contributed by atoms with E-state index in [9.17, 15) is 19.5 Å².